The molecule has 46 valence electrons. The van der Waals surface area contributed by atoms with Crippen LogP contribution < -0.4 is 0 Å². The topological polar surface area (TPSA) is 9.23 Å². The van der Waals surface area contributed by atoms with Gasteiger partial charge in [0.05, 0.1) is 0 Å². The molecule has 0 unspecified atom stereocenters. The van der Waals surface area contributed by atoms with Crippen molar-refractivity contribution < 1.29 is 9.13 Å². The Labute approximate surface area is 48.1 Å². The van der Waals surface area contributed by atoms with Crippen LogP contribution in [0.1, 0.15) is 13.8 Å². The third-order valence-electron chi connectivity index (χ3n) is 1.53. The first-order valence-corrected chi connectivity index (χ1v) is 2.73. The Bertz CT molecular complexity index is 120. The van der Waals surface area contributed by atoms with Crippen molar-refractivity contribution in [1.82, 2.24) is 0 Å². The molecular formula is C6H9FO. The molecule has 1 heterocycles. The average molecular weight is 116 g/mol. The molecule has 0 aromatic heterocycles. The Hall–Kier alpha value is -0.530. The minimum atomic E-state index is -0.141. The Balaban J connectivity index is 2.59. The highest BCUT2D eigenvalue weighted by molar-refractivity contribution is 4.99. The van der Waals surface area contributed by atoms with Crippen molar-refractivity contribution in [2.75, 3.05) is 0 Å². The fraction of sp³-hybridized carbons (Fsp3) is 0.667. The van der Waals surface area contributed by atoms with Gasteiger partial charge in [-0.3, -0.25) is 0 Å². The first-order valence-electron chi connectivity index (χ1n) is 2.73. The number of halogens is 1. The Morgan fingerprint density at radius 1 is 1.62 bits per heavy atom. The van der Waals surface area contributed by atoms with Crippen molar-refractivity contribution in [2.24, 2.45) is 5.92 Å². The Morgan fingerprint density at radius 3 is 2.38 bits per heavy atom. The van der Waals surface area contributed by atoms with Gasteiger partial charge in [-0.05, 0) is 6.92 Å². The molecule has 1 nitrogen and oxygen atoms in total. The lowest BCUT2D eigenvalue weighted by atomic mass is 10.1. The molecule has 1 rings (SSSR count). The van der Waals surface area contributed by atoms with E-state index in [0.717, 1.165) is 0 Å². The lowest BCUT2D eigenvalue weighted by molar-refractivity contribution is 0.156. The highest BCUT2D eigenvalue weighted by Gasteiger charge is 2.23. The van der Waals surface area contributed by atoms with Crippen LogP contribution in [0.2, 0.25) is 0 Å². The molecule has 0 saturated carbocycles. The van der Waals surface area contributed by atoms with Crippen LogP contribution in [0.25, 0.3) is 0 Å². The molecule has 0 bridgehead atoms. The van der Waals surface area contributed by atoms with Crippen LogP contribution in [0.4, 0.5) is 4.39 Å². The van der Waals surface area contributed by atoms with Gasteiger partial charge < -0.3 is 4.74 Å². The molecule has 0 radical (unpaired) electrons. The van der Waals surface area contributed by atoms with E-state index >= 15 is 0 Å². The van der Waals surface area contributed by atoms with Crippen LogP contribution in [0.15, 0.2) is 12.1 Å². The number of rotatable bonds is 0. The summed E-state index contributed by atoms with van der Waals surface area (Å²) in [4.78, 5) is 0. The lowest BCUT2D eigenvalue weighted by Crippen LogP contribution is -2.08. The maximum atomic E-state index is 12.3. The molecule has 0 N–H and O–H groups in total. The van der Waals surface area contributed by atoms with Crippen molar-refractivity contribution in [3.05, 3.63) is 12.1 Å². The van der Waals surface area contributed by atoms with Gasteiger partial charge in [0.25, 0.3) is 0 Å². The van der Waals surface area contributed by atoms with Crippen LogP contribution in [-0.2, 0) is 4.74 Å². The van der Waals surface area contributed by atoms with Crippen LogP contribution in [-0.4, -0.2) is 6.10 Å². The van der Waals surface area contributed by atoms with E-state index in [2.05, 4.69) is 0 Å². The van der Waals surface area contributed by atoms with Crippen LogP contribution in [0.5, 0.6) is 0 Å². The summed E-state index contributed by atoms with van der Waals surface area (Å²) in [6.45, 7) is 3.66. The minimum Gasteiger partial charge on any atom is -0.495 e. The Kier molecular flexibility index (Phi) is 1.24. The predicted octanol–water partition coefficient (Wildman–Crippen LogP) is 1.85. The first-order chi connectivity index (χ1) is 3.72. The molecule has 8 heavy (non-hydrogen) atoms. The van der Waals surface area contributed by atoms with Crippen molar-refractivity contribution in [3.8, 4) is 0 Å². The van der Waals surface area contributed by atoms with E-state index in [4.69, 9.17) is 4.74 Å². The molecule has 1 aliphatic heterocycles. The van der Waals surface area contributed by atoms with Crippen LogP contribution in [0.3, 0.4) is 0 Å². The monoisotopic (exact) mass is 116 g/mol. The molecular weight excluding hydrogens is 107 g/mol. The van der Waals surface area contributed by atoms with Gasteiger partial charge in [0.1, 0.15) is 18.2 Å². The molecule has 2 atom stereocenters. The summed E-state index contributed by atoms with van der Waals surface area (Å²) < 4.78 is 17.1. The summed E-state index contributed by atoms with van der Waals surface area (Å²) in [6, 6.07) is 0. The summed E-state index contributed by atoms with van der Waals surface area (Å²) in [5, 5.41) is 0. The standard InChI is InChI=1S/C6H9FO/c1-4-5(2)8-3-6(4)7/h3-5H,1-2H3/t4-,5+/m0/s1. The second kappa shape index (κ2) is 1.77. The second-order valence-corrected chi connectivity index (χ2v) is 2.13. The maximum absolute atomic E-state index is 12.3. The number of hydrogen-bond donors (Lipinski definition) is 0. The molecule has 0 aliphatic carbocycles. The zero-order valence-electron chi connectivity index (χ0n) is 5.02. The van der Waals surface area contributed by atoms with Gasteiger partial charge >= 0.3 is 0 Å². The highest BCUT2D eigenvalue weighted by Crippen LogP contribution is 2.24. The van der Waals surface area contributed by atoms with E-state index in [9.17, 15) is 4.39 Å². The lowest BCUT2D eigenvalue weighted by Gasteiger charge is -2.06. The van der Waals surface area contributed by atoms with Gasteiger partial charge in [-0.25, -0.2) is 4.39 Å². The molecule has 0 fully saturated rings. The predicted molar refractivity (Wildman–Crippen MR) is 28.9 cm³/mol. The first kappa shape index (κ1) is 5.60. The molecule has 1 aliphatic rings. The van der Waals surface area contributed by atoms with E-state index in [0.29, 0.717) is 0 Å². The quantitative estimate of drug-likeness (QED) is 0.469. The van der Waals surface area contributed by atoms with E-state index in [1.54, 1.807) is 0 Å². The van der Waals surface area contributed by atoms with E-state index in [1.165, 1.54) is 6.26 Å². The van der Waals surface area contributed by atoms with Gasteiger partial charge in [0, 0.05) is 5.92 Å². The molecule has 0 aromatic carbocycles. The van der Waals surface area contributed by atoms with Gasteiger partial charge in [0.15, 0.2) is 0 Å². The molecule has 2 heteroatoms. The largest absolute Gasteiger partial charge is 0.495 e. The van der Waals surface area contributed by atoms with Gasteiger partial charge in [0.2, 0.25) is 0 Å². The summed E-state index contributed by atoms with van der Waals surface area (Å²) in [6.07, 6.45) is 1.21. The zero-order chi connectivity index (χ0) is 6.15. The third-order valence-corrected chi connectivity index (χ3v) is 1.53. The Morgan fingerprint density at radius 2 is 2.25 bits per heavy atom. The van der Waals surface area contributed by atoms with Crippen LogP contribution in [0, 0.1) is 5.92 Å². The zero-order valence-corrected chi connectivity index (χ0v) is 5.02. The van der Waals surface area contributed by atoms with E-state index in [-0.39, 0.29) is 17.8 Å². The molecule has 0 spiro atoms. The third kappa shape index (κ3) is 0.703. The minimum absolute atomic E-state index is 0.0231. The summed E-state index contributed by atoms with van der Waals surface area (Å²) in [5.41, 5.74) is 0. The van der Waals surface area contributed by atoms with Crippen molar-refractivity contribution in [3.63, 3.8) is 0 Å². The van der Waals surface area contributed by atoms with E-state index in [1.807, 2.05) is 13.8 Å². The fourth-order valence-electron chi connectivity index (χ4n) is 0.622. The summed E-state index contributed by atoms with van der Waals surface area (Å²) in [7, 11) is 0. The summed E-state index contributed by atoms with van der Waals surface area (Å²) >= 11 is 0. The smallest absolute Gasteiger partial charge is 0.141 e. The molecule has 0 aromatic rings. The molecule has 0 saturated heterocycles. The highest BCUT2D eigenvalue weighted by atomic mass is 19.1. The van der Waals surface area contributed by atoms with Crippen molar-refractivity contribution >= 4 is 0 Å². The number of ether oxygens (including phenoxy) is 1. The van der Waals surface area contributed by atoms with Crippen molar-refractivity contribution in [1.29, 1.82) is 0 Å². The fourth-order valence-corrected chi connectivity index (χ4v) is 0.622. The SMILES string of the molecule is C[C@@H]1C(F)=CO[C@@H]1C. The summed E-state index contributed by atoms with van der Waals surface area (Å²) in [5.74, 6) is -0.188. The normalized spacial score (nSPS) is 36.6. The van der Waals surface area contributed by atoms with Crippen molar-refractivity contribution in [2.45, 2.75) is 20.0 Å². The second-order valence-electron chi connectivity index (χ2n) is 2.13. The van der Waals surface area contributed by atoms with Gasteiger partial charge in [-0.1, -0.05) is 6.92 Å². The average Bonchev–Trinajstić information content (AvgIpc) is 1.98. The number of hydrogen-bond acceptors (Lipinski definition) is 1. The van der Waals surface area contributed by atoms with E-state index < -0.39 is 0 Å². The maximum Gasteiger partial charge on any atom is 0.141 e. The van der Waals surface area contributed by atoms with Gasteiger partial charge in [-0.15, -0.1) is 0 Å². The molecule has 0 amide bonds. The van der Waals surface area contributed by atoms with Gasteiger partial charge in [-0.2, -0.15) is 0 Å². The van der Waals surface area contributed by atoms with Crippen LogP contribution >= 0.6 is 0 Å².